The van der Waals surface area contributed by atoms with Crippen molar-refractivity contribution in [3.05, 3.63) is 29.6 Å². The van der Waals surface area contributed by atoms with Crippen molar-refractivity contribution in [1.29, 1.82) is 0 Å². The maximum atomic E-state index is 13.6. The predicted octanol–water partition coefficient (Wildman–Crippen LogP) is 1.77. The Balaban J connectivity index is 1.93. The second-order valence-corrected chi connectivity index (χ2v) is 5.31. The number of halogens is 1. The summed E-state index contributed by atoms with van der Waals surface area (Å²) in [6, 6.07) is 5.27. The number of nitrogens with zero attached hydrogens (tertiary/aromatic N) is 1. The third-order valence-corrected chi connectivity index (χ3v) is 3.61. The largest absolute Gasteiger partial charge is 0.490 e. The van der Waals surface area contributed by atoms with Gasteiger partial charge in [-0.1, -0.05) is 6.07 Å². The lowest BCUT2D eigenvalue weighted by atomic mass is 10.2. The summed E-state index contributed by atoms with van der Waals surface area (Å²) in [5, 5.41) is 0. The molecule has 2 N–H and O–H groups in total. The Morgan fingerprint density at radius 1 is 1.50 bits per heavy atom. The fourth-order valence-electron chi connectivity index (χ4n) is 2.37. The molecule has 112 valence electrons. The van der Waals surface area contributed by atoms with Gasteiger partial charge in [-0.05, 0) is 26.0 Å². The first-order valence-electron chi connectivity index (χ1n) is 7.07. The van der Waals surface area contributed by atoms with Crippen molar-refractivity contribution >= 4 is 0 Å². The lowest BCUT2D eigenvalue weighted by Gasteiger charge is -2.35. The molecule has 5 heteroatoms. The minimum absolute atomic E-state index is 0.0139. The Hall–Kier alpha value is -1.17. The van der Waals surface area contributed by atoms with E-state index < -0.39 is 0 Å². The minimum Gasteiger partial charge on any atom is -0.490 e. The molecule has 0 aliphatic carbocycles. The summed E-state index contributed by atoms with van der Waals surface area (Å²) in [4.78, 5) is 2.35. The number of hydrogen-bond donors (Lipinski definition) is 1. The molecule has 1 fully saturated rings. The van der Waals surface area contributed by atoms with E-state index in [0.717, 1.165) is 13.1 Å². The van der Waals surface area contributed by atoms with Gasteiger partial charge in [-0.3, -0.25) is 4.90 Å². The molecule has 0 radical (unpaired) electrons. The van der Waals surface area contributed by atoms with Crippen LogP contribution in [0.3, 0.4) is 0 Å². The Kier molecular flexibility index (Phi) is 5.34. The average Bonchev–Trinajstić information content (AvgIpc) is 2.45. The van der Waals surface area contributed by atoms with E-state index in [0.29, 0.717) is 30.6 Å². The van der Waals surface area contributed by atoms with E-state index in [1.165, 1.54) is 6.07 Å². The lowest BCUT2D eigenvalue weighted by Crippen LogP contribution is -2.47. The predicted molar refractivity (Wildman–Crippen MR) is 76.2 cm³/mol. The highest BCUT2D eigenvalue weighted by Gasteiger charge is 2.23. The second kappa shape index (κ2) is 7.02. The fourth-order valence-corrected chi connectivity index (χ4v) is 2.37. The monoisotopic (exact) mass is 282 g/mol. The van der Waals surface area contributed by atoms with Crippen LogP contribution in [0.25, 0.3) is 0 Å². The van der Waals surface area contributed by atoms with Crippen molar-refractivity contribution in [3.8, 4) is 5.75 Å². The number of hydrogen-bond acceptors (Lipinski definition) is 4. The van der Waals surface area contributed by atoms with Gasteiger partial charge < -0.3 is 15.2 Å². The zero-order valence-electron chi connectivity index (χ0n) is 12.1. The highest BCUT2D eigenvalue weighted by Crippen LogP contribution is 2.21. The Morgan fingerprint density at radius 2 is 2.30 bits per heavy atom. The number of rotatable bonds is 5. The van der Waals surface area contributed by atoms with Crippen LogP contribution in [0, 0.1) is 5.82 Å². The summed E-state index contributed by atoms with van der Waals surface area (Å²) in [7, 11) is 0. The van der Waals surface area contributed by atoms with Gasteiger partial charge in [0.15, 0.2) is 0 Å². The molecule has 0 amide bonds. The molecular formula is C15H23FN2O2. The molecular weight excluding hydrogens is 259 g/mol. The number of benzene rings is 1. The summed E-state index contributed by atoms with van der Waals surface area (Å²) < 4.78 is 25.0. The number of ether oxygens (including phenoxy) is 2. The van der Waals surface area contributed by atoms with E-state index in [2.05, 4.69) is 18.7 Å². The van der Waals surface area contributed by atoms with Crippen LogP contribution >= 0.6 is 0 Å². The van der Waals surface area contributed by atoms with Crippen molar-refractivity contribution in [1.82, 2.24) is 4.90 Å². The van der Waals surface area contributed by atoms with Gasteiger partial charge in [0.2, 0.25) is 0 Å². The highest BCUT2D eigenvalue weighted by atomic mass is 19.1. The zero-order valence-corrected chi connectivity index (χ0v) is 12.1. The molecule has 1 aliphatic rings. The fraction of sp³-hybridized carbons (Fsp3) is 0.600. The Morgan fingerprint density at radius 3 is 3.00 bits per heavy atom. The van der Waals surface area contributed by atoms with Crippen LogP contribution < -0.4 is 10.5 Å². The van der Waals surface area contributed by atoms with Crippen molar-refractivity contribution in [2.75, 3.05) is 26.3 Å². The second-order valence-electron chi connectivity index (χ2n) is 5.31. The van der Waals surface area contributed by atoms with E-state index in [4.69, 9.17) is 15.2 Å². The molecule has 1 unspecified atom stereocenters. The van der Waals surface area contributed by atoms with Crippen LogP contribution in [0.2, 0.25) is 0 Å². The lowest BCUT2D eigenvalue weighted by molar-refractivity contribution is -0.0565. The van der Waals surface area contributed by atoms with Crippen LogP contribution in [-0.4, -0.2) is 43.3 Å². The molecule has 1 aliphatic heterocycles. The summed E-state index contributed by atoms with van der Waals surface area (Å²) >= 11 is 0. The standard InChI is InChI=1S/C15H23FN2O2/c1-11(2)18-6-7-19-12(9-18)10-20-15-5-3-4-14(16)13(15)8-17/h3-5,11-12H,6-10,17H2,1-2H3. The molecule has 0 spiro atoms. The maximum absolute atomic E-state index is 13.6. The summed E-state index contributed by atoms with van der Waals surface area (Å²) in [5.41, 5.74) is 5.98. The van der Waals surface area contributed by atoms with Crippen LogP contribution in [-0.2, 0) is 11.3 Å². The van der Waals surface area contributed by atoms with Crippen molar-refractivity contribution in [3.63, 3.8) is 0 Å². The number of morpholine rings is 1. The molecule has 0 saturated carbocycles. The van der Waals surface area contributed by atoms with Gasteiger partial charge >= 0.3 is 0 Å². The van der Waals surface area contributed by atoms with Gasteiger partial charge in [0, 0.05) is 31.2 Å². The Labute approximate surface area is 119 Å². The minimum atomic E-state index is -0.321. The molecule has 1 aromatic carbocycles. The van der Waals surface area contributed by atoms with Crippen LogP contribution in [0.15, 0.2) is 18.2 Å². The average molecular weight is 282 g/mol. The smallest absolute Gasteiger partial charge is 0.131 e. The maximum Gasteiger partial charge on any atom is 0.131 e. The SMILES string of the molecule is CC(C)N1CCOC(COc2cccc(F)c2CN)C1. The Bertz CT molecular complexity index is 440. The van der Waals surface area contributed by atoms with E-state index >= 15 is 0 Å². The van der Waals surface area contributed by atoms with E-state index in [1.54, 1.807) is 12.1 Å². The van der Waals surface area contributed by atoms with E-state index in [1.807, 2.05) is 0 Å². The molecule has 1 aromatic rings. The first kappa shape index (κ1) is 15.2. The highest BCUT2D eigenvalue weighted by molar-refractivity contribution is 5.34. The van der Waals surface area contributed by atoms with Crippen molar-refractivity contribution in [2.24, 2.45) is 5.73 Å². The van der Waals surface area contributed by atoms with Crippen LogP contribution in [0.1, 0.15) is 19.4 Å². The van der Waals surface area contributed by atoms with Crippen LogP contribution in [0.5, 0.6) is 5.75 Å². The van der Waals surface area contributed by atoms with Gasteiger partial charge in [0.25, 0.3) is 0 Å². The van der Waals surface area contributed by atoms with E-state index in [9.17, 15) is 4.39 Å². The van der Waals surface area contributed by atoms with Gasteiger partial charge in [-0.25, -0.2) is 4.39 Å². The molecule has 1 atom stereocenters. The third kappa shape index (κ3) is 3.69. The zero-order chi connectivity index (χ0) is 14.5. The molecule has 0 aromatic heterocycles. The van der Waals surface area contributed by atoms with E-state index in [-0.39, 0.29) is 18.5 Å². The molecule has 0 bridgehead atoms. The van der Waals surface area contributed by atoms with Gasteiger partial charge in [0.05, 0.1) is 6.61 Å². The molecule has 20 heavy (non-hydrogen) atoms. The van der Waals surface area contributed by atoms with Gasteiger partial charge in [0.1, 0.15) is 24.3 Å². The quantitative estimate of drug-likeness (QED) is 0.894. The summed E-state index contributed by atoms with van der Waals surface area (Å²) in [6.45, 7) is 7.38. The van der Waals surface area contributed by atoms with Gasteiger partial charge in [-0.15, -0.1) is 0 Å². The first-order valence-corrected chi connectivity index (χ1v) is 7.07. The summed E-state index contributed by atoms with van der Waals surface area (Å²) in [6.07, 6.45) is 0.0139. The third-order valence-electron chi connectivity index (χ3n) is 3.61. The topological polar surface area (TPSA) is 47.7 Å². The number of nitrogens with two attached hydrogens (primary N) is 1. The first-order chi connectivity index (χ1) is 9.61. The van der Waals surface area contributed by atoms with Crippen LogP contribution in [0.4, 0.5) is 4.39 Å². The molecule has 4 nitrogen and oxygen atoms in total. The van der Waals surface area contributed by atoms with Crippen molar-refractivity contribution < 1.29 is 13.9 Å². The molecule has 1 heterocycles. The molecule has 2 rings (SSSR count). The summed E-state index contributed by atoms with van der Waals surface area (Å²) in [5.74, 6) is 0.191. The van der Waals surface area contributed by atoms with Gasteiger partial charge in [-0.2, -0.15) is 0 Å². The normalized spacial score (nSPS) is 20.4. The molecule has 1 saturated heterocycles. The van der Waals surface area contributed by atoms with Crippen molar-refractivity contribution in [2.45, 2.75) is 32.5 Å².